The molecule has 0 aromatic carbocycles. The minimum atomic E-state index is -0.413. The van der Waals surface area contributed by atoms with E-state index in [9.17, 15) is 5.11 Å². The summed E-state index contributed by atoms with van der Waals surface area (Å²) in [6.45, 7) is 4.58. The third-order valence-corrected chi connectivity index (χ3v) is 3.37. The molecule has 0 bridgehead atoms. The Labute approximate surface area is 111 Å². The van der Waals surface area contributed by atoms with Crippen LogP contribution in [0.3, 0.4) is 0 Å². The number of nitrogen functional groups attached to an aromatic ring is 1. The van der Waals surface area contributed by atoms with Crippen molar-refractivity contribution < 1.29 is 5.11 Å². The number of aliphatic hydroxyl groups is 1. The summed E-state index contributed by atoms with van der Waals surface area (Å²) >= 11 is 0. The van der Waals surface area contributed by atoms with Gasteiger partial charge in [0.15, 0.2) is 11.5 Å². The molecule has 0 amide bonds. The Bertz CT molecular complexity index is 536. The number of nitrogens with two attached hydrogens (primary N) is 1. The largest absolute Gasteiger partial charge is 0.391 e. The molecule has 2 rings (SSSR count). The molecule has 5 N–H and O–H groups in total. The summed E-state index contributed by atoms with van der Waals surface area (Å²) in [7, 11) is 0. The Kier molecular flexibility index (Phi) is 4.16. The maximum absolute atomic E-state index is 10.1. The molecule has 0 saturated heterocycles. The predicted octanol–water partition coefficient (Wildman–Crippen LogP) is 1.14. The van der Waals surface area contributed by atoms with Crippen LogP contribution in [0, 0.1) is 5.92 Å². The molecule has 2 heterocycles. The fourth-order valence-electron chi connectivity index (χ4n) is 2.18. The van der Waals surface area contributed by atoms with E-state index in [0.717, 1.165) is 12.8 Å². The summed E-state index contributed by atoms with van der Waals surface area (Å²) in [4.78, 5) is 15.1. The number of imidazole rings is 1. The zero-order valence-electron chi connectivity index (χ0n) is 11.2. The summed E-state index contributed by atoms with van der Waals surface area (Å²) in [5.41, 5.74) is 6.84. The van der Waals surface area contributed by atoms with Crippen molar-refractivity contribution in [3.63, 3.8) is 0 Å². The Hall–Kier alpha value is -1.89. The second kappa shape index (κ2) is 5.83. The van der Waals surface area contributed by atoms with Crippen LogP contribution in [-0.2, 0) is 0 Å². The van der Waals surface area contributed by atoms with Crippen LogP contribution in [0.4, 0.5) is 11.8 Å². The zero-order valence-corrected chi connectivity index (χ0v) is 11.2. The topological polar surface area (TPSA) is 113 Å². The average Bonchev–Trinajstić information content (AvgIpc) is 2.85. The molecule has 2 aromatic rings. The lowest BCUT2D eigenvalue weighted by Crippen LogP contribution is -2.28. The molecule has 0 fully saturated rings. The van der Waals surface area contributed by atoms with Crippen molar-refractivity contribution in [3.8, 4) is 0 Å². The number of anilines is 2. The Morgan fingerprint density at radius 3 is 2.79 bits per heavy atom. The van der Waals surface area contributed by atoms with Crippen molar-refractivity contribution in [2.45, 2.75) is 32.8 Å². The number of fused-ring (bicyclic) bond motifs is 1. The van der Waals surface area contributed by atoms with Gasteiger partial charge in [0.25, 0.3) is 0 Å². The van der Waals surface area contributed by atoms with Crippen LogP contribution in [0.2, 0.25) is 0 Å². The van der Waals surface area contributed by atoms with Crippen LogP contribution in [0.25, 0.3) is 11.2 Å². The molecule has 7 nitrogen and oxygen atoms in total. The molecule has 0 aliphatic heterocycles. The van der Waals surface area contributed by atoms with Gasteiger partial charge in [0.2, 0.25) is 5.95 Å². The Morgan fingerprint density at radius 1 is 1.37 bits per heavy atom. The van der Waals surface area contributed by atoms with Gasteiger partial charge >= 0.3 is 0 Å². The summed E-state index contributed by atoms with van der Waals surface area (Å²) in [6.07, 6.45) is 3.03. The van der Waals surface area contributed by atoms with Crippen LogP contribution in [0.15, 0.2) is 6.33 Å². The lowest BCUT2D eigenvalue weighted by molar-refractivity contribution is 0.114. The van der Waals surface area contributed by atoms with Gasteiger partial charge in [0.05, 0.1) is 12.4 Å². The molecule has 0 aliphatic rings. The first-order valence-electron chi connectivity index (χ1n) is 6.54. The van der Waals surface area contributed by atoms with E-state index < -0.39 is 6.10 Å². The van der Waals surface area contributed by atoms with E-state index in [-0.39, 0.29) is 11.9 Å². The van der Waals surface area contributed by atoms with Gasteiger partial charge in [-0.3, -0.25) is 0 Å². The third-order valence-electron chi connectivity index (χ3n) is 3.37. The van der Waals surface area contributed by atoms with Crippen molar-refractivity contribution in [1.82, 2.24) is 19.9 Å². The van der Waals surface area contributed by atoms with Gasteiger partial charge in [-0.1, -0.05) is 26.7 Å². The number of aliphatic hydroxyl groups excluding tert-OH is 1. The first-order valence-corrected chi connectivity index (χ1v) is 6.54. The highest BCUT2D eigenvalue weighted by atomic mass is 16.3. The molecule has 0 aliphatic carbocycles. The summed E-state index contributed by atoms with van der Waals surface area (Å²) in [5, 5.41) is 13.2. The molecule has 104 valence electrons. The van der Waals surface area contributed by atoms with Crippen LogP contribution in [0.1, 0.15) is 26.7 Å². The molecular formula is C12H20N6O. The minimum Gasteiger partial charge on any atom is -0.391 e. The molecule has 19 heavy (non-hydrogen) atoms. The lowest BCUT2D eigenvalue weighted by Gasteiger charge is -2.20. The lowest BCUT2D eigenvalue weighted by atomic mass is 9.96. The smallest absolute Gasteiger partial charge is 0.224 e. The van der Waals surface area contributed by atoms with Gasteiger partial charge in [-0.05, 0) is 5.92 Å². The average molecular weight is 264 g/mol. The van der Waals surface area contributed by atoms with Gasteiger partial charge in [-0.15, -0.1) is 0 Å². The Balaban J connectivity index is 2.11. The van der Waals surface area contributed by atoms with Crippen LogP contribution >= 0.6 is 0 Å². The van der Waals surface area contributed by atoms with E-state index in [1.165, 1.54) is 0 Å². The molecule has 7 heteroatoms. The second-order valence-corrected chi connectivity index (χ2v) is 4.56. The van der Waals surface area contributed by atoms with Gasteiger partial charge < -0.3 is 21.1 Å². The van der Waals surface area contributed by atoms with E-state index in [0.29, 0.717) is 23.5 Å². The number of nitrogens with one attached hydrogen (secondary N) is 2. The maximum atomic E-state index is 10.1. The second-order valence-electron chi connectivity index (χ2n) is 4.56. The number of aromatic amines is 1. The van der Waals surface area contributed by atoms with Crippen molar-refractivity contribution in [1.29, 1.82) is 0 Å². The number of rotatable bonds is 6. The first-order chi connectivity index (χ1) is 9.15. The van der Waals surface area contributed by atoms with Crippen LogP contribution in [-0.4, -0.2) is 37.7 Å². The van der Waals surface area contributed by atoms with Crippen LogP contribution in [0.5, 0.6) is 0 Å². The number of hydrogen-bond donors (Lipinski definition) is 4. The Morgan fingerprint density at radius 2 is 2.11 bits per heavy atom. The molecule has 0 spiro atoms. The quantitative estimate of drug-likeness (QED) is 0.622. The third kappa shape index (κ3) is 2.93. The summed E-state index contributed by atoms with van der Waals surface area (Å²) < 4.78 is 0. The summed E-state index contributed by atoms with van der Waals surface area (Å²) in [5.74, 6) is 1.02. The molecule has 0 radical (unpaired) electrons. The number of H-pyrrole nitrogens is 1. The fourth-order valence-corrected chi connectivity index (χ4v) is 2.18. The van der Waals surface area contributed by atoms with E-state index in [2.05, 4.69) is 39.1 Å². The van der Waals surface area contributed by atoms with Gasteiger partial charge in [0.1, 0.15) is 5.52 Å². The highest BCUT2D eigenvalue weighted by Crippen LogP contribution is 2.19. The zero-order chi connectivity index (χ0) is 13.8. The van der Waals surface area contributed by atoms with Gasteiger partial charge in [-0.25, -0.2) is 4.98 Å². The van der Waals surface area contributed by atoms with Crippen LogP contribution < -0.4 is 11.1 Å². The summed E-state index contributed by atoms with van der Waals surface area (Å²) in [6, 6.07) is 0. The minimum absolute atomic E-state index is 0.166. The first kappa shape index (κ1) is 13.5. The monoisotopic (exact) mass is 264 g/mol. The maximum Gasteiger partial charge on any atom is 0.224 e. The highest BCUT2D eigenvalue weighted by Gasteiger charge is 2.16. The molecule has 2 aromatic heterocycles. The molecular weight excluding hydrogens is 244 g/mol. The van der Waals surface area contributed by atoms with Crippen molar-refractivity contribution in [3.05, 3.63) is 6.33 Å². The van der Waals surface area contributed by atoms with E-state index in [1.54, 1.807) is 6.33 Å². The molecule has 0 saturated carbocycles. The highest BCUT2D eigenvalue weighted by molar-refractivity contribution is 5.83. The number of nitrogens with zero attached hydrogens (tertiary/aromatic N) is 3. The number of aromatic nitrogens is 4. The van der Waals surface area contributed by atoms with Gasteiger partial charge in [0, 0.05) is 6.54 Å². The normalized spacial score (nSPS) is 13.1. The molecule has 1 unspecified atom stereocenters. The fraction of sp³-hybridized carbons (Fsp3) is 0.583. The van der Waals surface area contributed by atoms with E-state index >= 15 is 0 Å². The molecule has 1 atom stereocenters. The van der Waals surface area contributed by atoms with E-state index in [1.807, 2.05) is 0 Å². The van der Waals surface area contributed by atoms with Crippen molar-refractivity contribution in [2.24, 2.45) is 5.92 Å². The standard InChI is InChI=1S/C12H20N6O/c1-3-7(4-2)8(19)5-14-10-9-11(16-6-15-9)18-12(13)17-10/h6-8,19H,3-5H2,1-2H3,(H4,13,14,15,16,17,18). The van der Waals surface area contributed by atoms with E-state index in [4.69, 9.17) is 5.73 Å². The van der Waals surface area contributed by atoms with Crippen molar-refractivity contribution >= 4 is 22.9 Å². The predicted molar refractivity (Wildman–Crippen MR) is 74.7 cm³/mol. The SMILES string of the molecule is CCC(CC)C(O)CNc1nc(N)nc2nc[nH]c12. The number of hydrogen-bond acceptors (Lipinski definition) is 6. The van der Waals surface area contributed by atoms with Gasteiger partial charge in [-0.2, -0.15) is 9.97 Å². The van der Waals surface area contributed by atoms with Crippen molar-refractivity contribution in [2.75, 3.05) is 17.6 Å².